The van der Waals surface area contributed by atoms with Gasteiger partial charge in [-0.15, -0.1) is 0 Å². The molecular weight excluding hydrogens is 1190 g/mol. The summed E-state index contributed by atoms with van der Waals surface area (Å²) in [5.41, 5.74) is 0. The van der Waals surface area contributed by atoms with Gasteiger partial charge < -0.3 is 33.8 Å². The Bertz CT molecular complexity index is 1750. The molecule has 90 heavy (non-hydrogen) atoms. The zero-order chi connectivity index (χ0) is 66.5. The van der Waals surface area contributed by atoms with E-state index in [1.165, 1.54) is 180 Å². The molecule has 0 aliphatic heterocycles. The molecule has 0 fully saturated rings. The van der Waals surface area contributed by atoms with Crippen molar-refractivity contribution in [3.05, 3.63) is 0 Å². The molecule has 0 rings (SSSR count). The number of carbonyl (C=O) groups excluding carboxylic acids is 4. The Morgan fingerprint density at radius 2 is 0.567 bits per heavy atom. The Labute approximate surface area is 549 Å². The van der Waals surface area contributed by atoms with Crippen LogP contribution in [0.25, 0.3) is 0 Å². The molecule has 0 saturated heterocycles. The summed E-state index contributed by atoms with van der Waals surface area (Å²) < 4.78 is 68.3. The molecule has 0 aromatic rings. The molecule has 0 aliphatic carbocycles. The Morgan fingerprint density at radius 1 is 0.322 bits per heavy atom. The number of hydrogen-bond donors (Lipinski definition) is 3. The average molecular weight is 1330 g/mol. The molecule has 19 heteroatoms. The van der Waals surface area contributed by atoms with Crippen LogP contribution in [0.3, 0.4) is 0 Å². The highest BCUT2D eigenvalue weighted by atomic mass is 31.2. The van der Waals surface area contributed by atoms with Crippen LogP contribution in [0.15, 0.2) is 0 Å². The summed E-state index contributed by atoms with van der Waals surface area (Å²) in [7, 11) is -9.90. The van der Waals surface area contributed by atoms with Crippen LogP contribution in [0.5, 0.6) is 0 Å². The van der Waals surface area contributed by atoms with E-state index in [1.807, 2.05) is 0 Å². The van der Waals surface area contributed by atoms with E-state index in [0.29, 0.717) is 25.7 Å². The summed E-state index contributed by atoms with van der Waals surface area (Å²) in [5.74, 6) is -0.576. The molecule has 0 aromatic carbocycles. The van der Waals surface area contributed by atoms with Crippen molar-refractivity contribution in [3.8, 4) is 0 Å². The van der Waals surface area contributed by atoms with Gasteiger partial charge in [-0.2, -0.15) is 0 Å². The maximum absolute atomic E-state index is 13.0. The van der Waals surface area contributed by atoms with E-state index in [2.05, 4.69) is 41.5 Å². The molecule has 0 bridgehead atoms. The summed E-state index contributed by atoms with van der Waals surface area (Å²) in [6, 6.07) is 0. The molecule has 0 heterocycles. The van der Waals surface area contributed by atoms with Crippen LogP contribution < -0.4 is 0 Å². The molecule has 534 valence electrons. The van der Waals surface area contributed by atoms with E-state index in [1.54, 1.807) is 0 Å². The first-order valence-corrected chi connectivity index (χ1v) is 40.0. The van der Waals surface area contributed by atoms with Gasteiger partial charge in [-0.1, -0.05) is 311 Å². The van der Waals surface area contributed by atoms with Gasteiger partial charge in [0.2, 0.25) is 0 Å². The summed E-state index contributed by atoms with van der Waals surface area (Å²) in [6.07, 6.45) is 48.4. The predicted molar refractivity (Wildman–Crippen MR) is 363 cm³/mol. The van der Waals surface area contributed by atoms with Crippen molar-refractivity contribution in [2.75, 3.05) is 39.6 Å². The number of carbonyl (C=O) groups is 4. The van der Waals surface area contributed by atoms with E-state index in [4.69, 9.17) is 37.0 Å². The molecule has 3 N–H and O–H groups in total. The number of aliphatic hydroxyl groups excluding tert-OH is 1. The van der Waals surface area contributed by atoms with Gasteiger partial charge in [-0.3, -0.25) is 37.3 Å². The van der Waals surface area contributed by atoms with Crippen molar-refractivity contribution in [2.45, 2.75) is 381 Å². The molecule has 0 radical (unpaired) electrons. The SMILES string of the molecule is CCCCCCCCCCCCCCCCCC(=O)O[C@H](COC(=O)CCCCCCCCCCCCC(C)CC)COP(=O)(O)OC[C@@H](O)COP(=O)(O)OC[C@@H](COC(=O)CCCCCCCCCCC)OC(=O)CCCCCCCCCCCC(C)C. The van der Waals surface area contributed by atoms with E-state index < -0.39 is 97.5 Å². The molecule has 17 nitrogen and oxygen atoms in total. The van der Waals surface area contributed by atoms with Crippen LogP contribution in [-0.2, 0) is 65.4 Å². The van der Waals surface area contributed by atoms with Gasteiger partial charge >= 0.3 is 39.5 Å². The van der Waals surface area contributed by atoms with E-state index in [9.17, 15) is 43.2 Å². The van der Waals surface area contributed by atoms with E-state index in [-0.39, 0.29) is 25.7 Å². The molecule has 3 unspecified atom stereocenters. The number of rotatable bonds is 70. The normalized spacial score (nSPS) is 14.4. The van der Waals surface area contributed by atoms with Crippen molar-refractivity contribution in [2.24, 2.45) is 11.8 Å². The third-order valence-corrected chi connectivity index (χ3v) is 18.7. The van der Waals surface area contributed by atoms with Crippen molar-refractivity contribution in [1.82, 2.24) is 0 Å². The third kappa shape index (κ3) is 63.5. The van der Waals surface area contributed by atoms with Gasteiger partial charge in [-0.05, 0) is 37.5 Å². The first-order valence-electron chi connectivity index (χ1n) is 37.0. The van der Waals surface area contributed by atoms with Crippen LogP contribution in [0.1, 0.15) is 363 Å². The minimum atomic E-state index is -4.95. The van der Waals surface area contributed by atoms with Crippen molar-refractivity contribution in [1.29, 1.82) is 0 Å². The number of phosphoric ester groups is 2. The number of aliphatic hydroxyl groups is 1. The molecule has 0 amide bonds. The van der Waals surface area contributed by atoms with Crippen LogP contribution in [0.4, 0.5) is 0 Å². The Kier molecular flexibility index (Phi) is 61.8. The lowest BCUT2D eigenvalue weighted by Crippen LogP contribution is -2.30. The van der Waals surface area contributed by atoms with E-state index >= 15 is 0 Å². The van der Waals surface area contributed by atoms with Gasteiger partial charge in [-0.25, -0.2) is 9.13 Å². The van der Waals surface area contributed by atoms with Gasteiger partial charge in [0.25, 0.3) is 0 Å². The number of ether oxygens (including phenoxy) is 4. The lowest BCUT2D eigenvalue weighted by atomic mass is 9.99. The minimum Gasteiger partial charge on any atom is -0.462 e. The standard InChI is InChI=1S/C71H138O17P2/c1-7-10-12-14-16-18-19-20-21-22-23-31-37-43-49-55-70(75)87-67(60-82-69(74)54-48-42-36-30-25-24-29-34-40-46-52-64(6)9-3)62-86-90(79,80)84-58-65(72)57-83-89(77,78)85-61-66(59-81-68(73)53-47-41-35-27-17-15-13-11-8-2)88-71(76)56-50-44-38-32-26-28-33-39-45-51-63(4)5/h63-67,72H,7-62H2,1-6H3,(H,77,78)(H,79,80)/t64?,65-,66+,67+/m0/s1. The van der Waals surface area contributed by atoms with Crippen molar-refractivity contribution in [3.63, 3.8) is 0 Å². The predicted octanol–water partition coefficient (Wildman–Crippen LogP) is 20.4. The van der Waals surface area contributed by atoms with E-state index in [0.717, 1.165) is 102 Å². The second kappa shape index (κ2) is 63.1. The highest BCUT2D eigenvalue weighted by Gasteiger charge is 2.30. The molecule has 0 aliphatic rings. The summed E-state index contributed by atoms with van der Waals surface area (Å²) in [4.78, 5) is 72.6. The molecule has 0 saturated carbocycles. The van der Waals surface area contributed by atoms with Gasteiger partial charge in [0.05, 0.1) is 26.4 Å². The second-order valence-electron chi connectivity index (χ2n) is 26.3. The fourth-order valence-electron chi connectivity index (χ4n) is 10.7. The molecule has 0 aromatic heterocycles. The highest BCUT2D eigenvalue weighted by Crippen LogP contribution is 2.45. The second-order valence-corrected chi connectivity index (χ2v) is 29.3. The molecule has 6 atom stereocenters. The first kappa shape index (κ1) is 88.1. The number of phosphoric acid groups is 2. The first-order chi connectivity index (χ1) is 43.4. The summed E-state index contributed by atoms with van der Waals surface area (Å²) in [6.45, 7) is 9.55. The molecular formula is C71H138O17P2. The third-order valence-electron chi connectivity index (χ3n) is 16.8. The topological polar surface area (TPSA) is 237 Å². The fraction of sp³-hybridized carbons (Fsp3) is 0.944. The number of esters is 4. The van der Waals surface area contributed by atoms with Crippen LogP contribution in [0.2, 0.25) is 0 Å². The maximum atomic E-state index is 13.0. The Morgan fingerprint density at radius 3 is 0.844 bits per heavy atom. The van der Waals surface area contributed by atoms with Gasteiger partial charge in [0.15, 0.2) is 12.2 Å². The van der Waals surface area contributed by atoms with Gasteiger partial charge in [0, 0.05) is 25.7 Å². The van der Waals surface area contributed by atoms with Crippen LogP contribution in [-0.4, -0.2) is 96.7 Å². The number of hydrogen-bond acceptors (Lipinski definition) is 15. The number of unbranched alkanes of at least 4 members (excludes halogenated alkanes) is 39. The zero-order valence-electron chi connectivity index (χ0n) is 58.4. The lowest BCUT2D eigenvalue weighted by molar-refractivity contribution is -0.161. The minimum absolute atomic E-state index is 0.105. The lowest BCUT2D eigenvalue weighted by Gasteiger charge is -2.21. The molecule has 0 spiro atoms. The maximum Gasteiger partial charge on any atom is 0.472 e. The highest BCUT2D eigenvalue weighted by molar-refractivity contribution is 7.47. The largest absolute Gasteiger partial charge is 0.472 e. The zero-order valence-corrected chi connectivity index (χ0v) is 60.2. The van der Waals surface area contributed by atoms with Crippen molar-refractivity contribution >= 4 is 39.5 Å². The summed E-state index contributed by atoms with van der Waals surface area (Å²) >= 11 is 0. The van der Waals surface area contributed by atoms with Crippen molar-refractivity contribution < 1.29 is 80.2 Å². The smallest absolute Gasteiger partial charge is 0.462 e. The Balaban J connectivity index is 5.25. The summed E-state index contributed by atoms with van der Waals surface area (Å²) in [5, 5.41) is 10.6. The quantitative estimate of drug-likeness (QED) is 0.0222. The van der Waals surface area contributed by atoms with Crippen LogP contribution in [0, 0.1) is 11.8 Å². The van der Waals surface area contributed by atoms with Gasteiger partial charge in [0.1, 0.15) is 19.3 Å². The van der Waals surface area contributed by atoms with Crippen LogP contribution >= 0.6 is 15.6 Å². The Hall–Kier alpha value is -1.94. The fourth-order valence-corrected chi connectivity index (χ4v) is 12.3. The monoisotopic (exact) mass is 1320 g/mol. The average Bonchev–Trinajstić information content (AvgIpc) is 3.73.